The molecule has 1 atom stereocenters. The molecule has 0 aliphatic rings. The minimum absolute atomic E-state index is 0.0534. The Balaban J connectivity index is 1.74. The Morgan fingerprint density at radius 3 is 2.35 bits per heavy atom. The van der Waals surface area contributed by atoms with Gasteiger partial charge in [0, 0.05) is 9.13 Å². The number of hydrogen-bond donors (Lipinski definition) is 1. The largest absolute Gasteiger partial charge is 0.460 e. The number of esters is 1. The molecular weight excluding hydrogens is 512 g/mol. The normalized spacial score (nSPS) is 11.5. The highest BCUT2D eigenvalue weighted by Gasteiger charge is 2.25. The first-order valence-electron chi connectivity index (χ1n) is 9.47. The van der Waals surface area contributed by atoms with Gasteiger partial charge < -0.3 is 10.1 Å². The van der Waals surface area contributed by atoms with E-state index in [4.69, 9.17) is 4.74 Å². The zero-order valence-electron chi connectivity index (χ0n) is 16.6. The third kappa shape index (κ3) is 5.75. The summed E-state index contributed by atoms with van der Waals surface area (Å²) in [5.41, 5.74) is 1.03. The molecule has 0 radical (unpaired) electrons. The lowest BCUT2D eigenvalue weighted by Crippen LogP contribution is -2.29. The highest BCUT2D eigenvalue weighted by Crippen LogP contribution is 2.24. The van der Waals surface area contributed by atoms with Crippen molar-refractivity contribution in [3.05, 3.63) is 98.9 Å². The van der Waals surface area contributed by atoms with Crippen LogP contribution < -0.4 is 5.32 Å². The number of hydrogen-bond acceptors (Lipinski definition) is 4. The zero-order chi connectivity index (χ0) is 22.4. The number of nitrogens with one attached hydrogen (secondary N) is 1. The van der Waals surface area contributed by atoms with Crippen LogP contribution in [0.5, 0.6) is 0 Å². The van der Waals surface area contributed by atoms with Crippen molar-refractivity contribution in [2.24, 2.45) is 5.92 Å². The number of ether oxygens (including phenoxy) is 1. The first-order chi connectivity index (χ1) is 14.9. The van der Waals surface area contributed by atoms with Crippen molar-refractivity contribution in [3.8, 4) is 0 Å². The topological polar surface area (TPSA) is 72.5 Å². The fraction of sp³-hybridized carbons (Fsp3) is 0.125. The van der Waals surface area contributed by atoms with Crippen molar-refractivity contribution in [2.45, 2.75) is 13.5 Å². The Kier molecular flexibility index (Phi) is 7.51. The van der Waals surface area contributed by atoms with E-state index >= 15 is 0 Å². The van der Waals surface area contributed by atoms with E-state index in [1.54, 1.807) is 24.3 Å². The molecule has 158 valence electrons. The molecule has 5 nitrogen and oxygen atoms in total. The van der Waals surface area contributed by atoms with Crippen molar-refractivity contribution in [3.63, 3.8) is 0 Å². The molecule has 0 saturated carbocycles. The third-order valence-electron chi connectivity index (χ3n) is 4.57. The lowest BCUT2D eigenvalue weighted by atomic mass is 10.0. The molecule has 31 heavy (non-hydrogen) atoms. The van der Waals surface area contributed by atoms with Gasteiger partial charge in [0.15, 0.2) is 5.78 Å². The highest BCUT2D eigenvalue weighted by molar-refractivity contribution is 14.1. The van der Waals surface area contributed by atoms with Gasteiger partial charge in [0.2, 0.25) is 5.91 Å². The lowest BCUT2D eigenvalue weighted by molar-refractivity contribution is -0.151. The van der Waals surface area contributed by atoms with Crippen LogP contribution in [0.15, 0.2) is 72.8 Å². The third-order valence-corrected chi connectivity index (χ3v) is 5.24. The summed E-state index contributed by atoms with van der Waals surface area (Å²) >= 11 is 2.02. The van der Waals surface area contributed by atoms with Crippen LogP contribution in [0.2, 0.25) is 0 Å². The number of halogens is 2. The Hall–Kier alpha value is -3.07. The second-order valence-corrected chi connectivity index (χ2v) is 8.05. The van der Waals surface area contributed by atoms with E-state index in [1.165, 1.54) is 25.1 Å². The van der Waals surface area contributed by atoms with Crippen molar-refractivity contribution in [1.29, 1.82) is 0 Å². The highest BCUT2D eigenvalue weighted by atomic mass is 127. The Morgan fingerprint density at radius 1 is 0.968 bits per heavy atom. The first kappa shape index (κ1) is 22.6. The Bertz CT molecular complexity index is 1120. The van der Waals surface area contributed by atoms with Crippen LogP contribution in [0.1, 0.15) is 28.4 Å². The number of carbonyl (C=O) groups excluding carboxylic acids is 3. The van der Waals surface area contributed by atoms with Gasteiger partial charge in [-0.1, -0.05) is 42.5 Å². The van der Waals surface area contributed by atoms with Gasteiger partial charge in [-0.25, -0.2) is 4.39 Å². The maximum absolute atomic E-state index is 14.1. The molecule has 1 N–H and O–H groups in total. The molecule has 3 aromatic rings. The van der Waals surface area contributed by atoms with Gasteiger partial charge in [-0.15, -0.1) is 0 Å². The Morgan fingerprint density at radius 2 is 1.65 bits per heavy atom. The molecule has 0 aromatic heterocycles. The van der Waals surface area contributed by atoms with Crippen molar-refractivity contribution < 1.29 is 23.5 Å². The molecule has 0 heterocycles. The first-order valence-corrected chi connectivity index (χ1v) is 10.5. The Labute approximate surface area is 192 Å². The maximum Gasteiger partial charge on any atom is 0.318 e. The molecule has 3 aromatic carbocycles. The lowest BCUT2D eigenvalue weighted by Gasteiger charge is -2.15. The van der Waals surface area contributed by atoms with Crippen molar-refractivity contribution in [2.75, 3.05) is 5.32 Å². The van der Waals surface area contributed by atoms with Gasteiger partial charge in [0.25, 0.3) is 0 Å². The summed E-state index contributed by atoms with van der Waals surface area (Å²) in [6, 6.07) is 19.6. The van der Waals surface area contributed by atoms with Crippen LogP contribution in [0, 0.1) is 15.3 Å². The van der Waals surface area contributed by atoms with Crippen LogP contribution >= 0.6 is 22.6 Å². The number of rotatable bonds is 7. The molecule has 0 unspecified atom stereocenters. The van der Waals surface area contributed by atoms with Gasteiger partial charge in [-0.05, 0) is 65.4 Å². The summed E-state index contributed by atoms with van der Waals surface area (Å²) in [6.45, 7) is 1.48. The molecule has 0 fully saturated rings. The predicted molar refractivity (Wildman–Crippen MR) is 123 cm³/mol. The molecule has 1 amide bonds. The molecule has 7 heteroatoms. The fourth-order valence-electron chi connectivity index (χ4n) is 2.81. The smallest absolute Gasteiger partial charge is 0.318 e. The minimum Gasteiger partial charge on any atom is -0.460 e. The maximum atomic E-state index is 14.1. The standard InChI is InChI=1S/C24H19FINO4/c1-15(24(30)31-14-16-7-3-2-4-8-16)23(29)27-21-12-11-17(26)13-19(21)22(28)18-9-5-6-10-20(18)25/h2-13,15H,14H2,1H3,(H,27,29)/t15-/m0/s1. The molecule has 0 bridgehead atoms. The van der Waals surface area contributed by atoms with Gasteiger partial charge in [0.1, 0.15) is 18.3 Å². The average Bonchev–Trinajstić information content (AvgIpc) is 2.78. The van der Waals surface area contributed by atoms with E-state index in [0.29, 0.717) is 0 Å². The minimum atomic E-state index is -1.10. The van der Waals surface area contributed by atoms with Crippen LogP contribution in [-0.4, -0.2) is 17.7 Å². The van der Waals surface area contributed by atoms with Gasteiger partial charge in [-0.3, -0.25) is 14.4 Å². The zero-order valence-corrected chi connectivity index (χ0v) is 18.8. The van der Waals surface area contributed by atoms with Gasteiger partial charge in [-0.2, -0.15) is 0 Å². The van der Waals surface area contributed by atoms with Crippen LogP contribution in [0.25, 0.3) is 0 Å². The quantitative estimate of drug-likeness (QED) is 0.202. The molecular formula is C24H19FINO4. The summed E-state index contributed by atoms with van der Waals surface area (Å²) in [6.07, 6.45) is 0. The summed E-state index contributed by atoms with van der Waals surface area (Å²) in [5.74, 6) is -3.62. The number of ketones is 1. The van der Waals surface area contributed by atoms with Crippen LogP contribution in [0.3, 0.4) is 0 Å². The van der Waals surface area contributed by atoms with Crippen LogP contribution in [-0.2, 0) is 20.9 Å². The van der Waals surface area contributed by atoms with E-state index in [-0.39, 0.29) is 23.4 Å². The van der Waals surface area contributed by atoms with E-state index in [0.717, 1.165) is 9.13 Å². The monoisotopic (exact) mass is 531 g/mol. The SMILES string of the molecule is C[C@@H](C(=O)Nc1ccc(I)cc1C(=O)c1ccccc1F)C(=O)OCc1ccccc1. The van der Waals surface area contributed by atoms with Crippen molar-refractivity contribution in [1.82, 2.24) is 0 Å². The van der Waals surface area contributed by atoms with Crippen LogP contribution in [0.4, 0.5) is 10.1 Å². The second kappa shape index (κ2) is 10.3. The average molecular weight is 531 g/mol. The molecule has 0 saturated heterocycles. The fourth-order valence-corrected chi connectivity index (χ4v) is 3.30. The summed E-state index contributed by atoms with van der Waals surface area (Å²) in [4.78, 5) is 37.8. The van der Waals surface area contributed by atoms with E-state index in [9.17, 15) is 18.8 Å². The van der Waals surface area contributed by atoms with Gasteiger partial charge in [0.05, 0.1) is 11.3 Å². The molecule has 3 rings (SSSR count). The van der Waals surface area contributed by atoms with E-state index in [1.807, 2.05) is 52.9 Å². The van der Waals surface area contributed by atoms with E-state index in [2.05, 4.69) is 5.32 Å². The number of carbonyl (C=O) groups is 3. The molecule has 0 spiro atoms. The second-order valence-electron chi connectivity index (χ2n) is 6.80. The van der Waals surface area contributed by atoms with Gasteiger partial charge >= 0.3 is 5.97 Å². The predicted octanol–water partition coefficient (Wildman–Crippen LogP) is 4.98. The van der Waals surface area contributed by atoms with Crippen molar-refractivity contribution >= 4 is 45.9 Å². The number of benzene rings is 3. The van der Waals surface area contributed by atoms with E-state index < -0.39 is 29.4 Å². The summed E-state index contributed by atoms with van der Waals surface area (Å²) in [7, 11) is 0. The molecule has 0 aliphatic carbocycles. The number of amides is 1. The molecule has 0 aliphatic heterocycles. The number of anilines is 1. The summed E-state index contributed by atoms with van der Waals surface area (Å²) in [5, 5.41) is 2.60. The summed E-state index contributed by atoms with van der Waals surface area (Å²) < 4.78 is 20.1.